The van der Waals surface area contributed by atoms with Crippen molar-refractivity contribution in [2.24, 2.45) is 0 Å². The Labute approximate surface area is 150 Å². The van der Waals surface area contributed by atoms with Gasteiger partial charge in [0.25, 0.3) is 5.69 Å². The normalized spacial score (nSPS) is 10.1. The quantitative estimate of drug-likeness (QED) is 0.405. The lowest BCUT2D eigenvalue weighted by atomic mass is 10.1. The SMILES string of the molecule is COc1ccc([N+](=O)[O-])cc1COC(=O)Cc1ccc(OC)c(OC)c1. The molecule has 0 aliphatic heterocycles. The predicted octanol–water partition coefficient (Wildman–Crippen LogP) is 2.91. The van der Waals surface area contributed by atoms with Gasteiger partial charge in [-0.1, -0.05) is 6.07 Å². The fraction of sp³-hybridized carbons (Fsp3) is 0.278. The van der Waals surface area contributed by atoms with E-state index in [1.807, 2.05) is 0 Å². The van der Waals surface area contributed by atoms with Crippen molar-refractivity contribution in [2.45, 2.75) is 13.0 Å². The number of nitrogens with zero attached hydrogens (tertiary/aromatic N) is 1. The molecule has 0 aromatic heterocycles. The third-order valence-electron chi connectivity index (χ3n) is 3.66. The average molecular weight is 361 g/mol. The number of carbonyl (C=O) groups is 1. The number of carbonyl (C=O) groups excluding carboxylic acids is 1. The molecule has 138 valence electrons. The van der Waals surface area contributed by atoms with Crippen LogP contribution in [0.1, 0.15) is 11.1 Å². The Bertz CT molecular complexity index is 804. The summed E-state index contributed by atoms with van der Waals surface area (Å²) >= 11 is 0. The second kappa shape index (κ2) is 8.70. The van der Waals surface area contributed by atoms with E-state index >= 15 is 0 Å². The van der Waals surface area contributed by atoms with Crippen molar-refractivity contribution in [2.75, 3.05) is 21.3 Å². The lowest BCUT2D eigenvalue weighted by Crippen LogP contribution is -2.09. The van der Waals surface area contributed by atoms with Crippen molar-refractivity contribution in [3.05, 3.63) is 57.6 Å². The third kappa shape index (κ3) is 4.62. The fourth-order valence-electron chi connectivity index (χ4n) is 2.36. The molecule has 0 amide bonds. The van der Waals surface area contributed by atoms with Crippen LogP contribution in [-0.4, -0.2) is 32.2 Å². The number of nitro benzene ring substituents is 1. The average Bonchev–Trinajstić information content (AvgIpc) is 2.65. The van der Waals surface area contributed by atoms with Crippen LogP contribution in [-0.2, 0) is 22.6 Å². The highest BCUT2D eigenvalue weighted by Gasteiger charge is 2.14. The van der Waals surface area contributed by atoms with Crippen LogP contribution in [0.4, 0.5) is 5.69 Å². The summed E-state index contributed by atoms with van der Waals surface area (Å²) in [4.78, 5) is 22.4. The molecule has 0 saturated heterocycles. The molecule has 0 atom stereocenters. The number of non-ortho nitro benzene ring substituents is 1. The molecule has 0 saturated carbocycles. The zero-order valence-corrected chi connectivity index (χ0v) is 14.7. The summed E-state index contributed by atoms with van der Waals surface area (Å²) in [5, 5.41) is 10.9. The van der Waals surface area contributed by atoms with Gasteiger partial charge in [-0.15, -0.1) is 0 Å². The van der Waals surface area contributed by atoms with Crippen molar-refractivity contribution in [3.63, 3.8) is 0 Å². The van der Waals surface area contributed by atoms with Gasteiger partial charge in [0, 0.05) is 17.7 Å². The molecule has 2 aromatic rings. The van der Waals surface area contributed by atoms with Gasteiger partial charge in [0.2, 0.25) is 0 Å². The predicted molar refractivity (Wildman–Crippen MR) is 92.7 cm³/mol. The Morgan fingerprint density at radius 2 is 1.62 bits per heavy atom. The van der Waals surface area contributed by atoms with E-state index in [-0.39, 0.29) is 18.7 Å². The molecule has 0 fully saturated rings. The number of rotatable bonds is 8. The summed E-state index contributed by atoms with van der Waals surface area (Å²) < 4.78 is 20.7. The second-order valence-corrected chi connectivity index (χ2v) is 5.28. The fourth-order valence-corrected chi connectivity index (χ4v) is 2.36. The first-order chi connectivity index (χ1) is 12.5. The van der Waals surface area contributed by atoms with Crippen molar-refractivity contribution in [1.82, 2.24) is 0 Å². The minimum atomic E-state index is -0.519. The Morgan fingerprint density at radius 1 is 0.962 bits per heavy atom. The molecule has 0 radical (unpaired) electrons. The number of hydrogen-bond donors (Lipinski definition) is 0. The van der Waals surface area contributed by atoms with Crippen molar-refractivity contribution in [3.8, 4) is 17.2 Å². The minimum Gasteiger partial charge on any atom is -0.496 e. The third-order valence-corrected chi connectivity index (χ3v) is 3.66. The van der Waals surface area contributed by atoms with Crippen LogP contribution in [0.2, 0.25) is 0 Å². The standard InChI is InChI=1S/C18H19NO7/c1-23-15-7-5-14(19(21)22)10-13(15)11-26-18(20)9-12-4-6-16(24-2)17(8-12)25-3/h4-8,10H,9,11H2,1-3H3. The molecule has 0 spiro atoms. The lowest BCUT2D eigenvalue weighted by Gasteiger charge is -2.11. The topological polar surface area (TPSA) is 97.1 Å². The number of hydrogen-bond acceptors (Lipinski definition) is 7. The van der Waals surface area contributed by atoms with Gasteiger partial charge in [-0.2, -0.15) is 0 Å². The van der Waals surface area contributed by atoms with E-state index in [0.29, 0.717) is 28.4 Å². The zero-order valence-electron chi connectivity index (χ0n) is 14.7. The molecule has 0 aliphatic carbocycles. The molecule has 0 bridgehead atoms. The molecule has 26 heavy (non-hydrogen) atoms. The lowest BCUT2D eigenvalue weighted by molar-refractivity contribution is -0.385. The molecule has 0 N–H and O–H groups in total. The van der Waals surface area contributed by atoms with Gasteiger partial charge in [0.1, 0.15) is 12.4 Å². The Kier molecular flexibility index (Phi) is 6.37. The molecule has 0 unspecified atom stereocenters. The molecule has 2 rings (SSSR count). The summed E-state index contributed by atoms with van der Waals surface area (Å²) in [5.41, 5.74) is 1.01. The second-order valence-electron chi connectivity index (χ2n) is 5.28. The Morgan fingerprint density at radius 3 is 2.23 bits per heavy atom. The van der Waals surface area contributed by atoms with Crippen molar-refractivity contribution >= 4 is 11.7 Å². The van der Waals surface area contributed by atoms with Crippen LogP contribution in [0.3, 0.4) is 0 Å². The molecular weight excluding hydrogens is 342 g/mol. The minimum absolute atomic E-state index is 0.0254. The number of methoxy groups -OCH3 is 3. The van der Waals surface area contributed by atoms with Gasteiger partial charge < -0.3 is 18.9 Å². The molecule has 2 aromatic carbocycles. The summed E-state index contributed by atoms with van der Waals surface area (Å²) in [5.74, 6) is 1.00. The monoisotopic (exact) mass is 361 g/mol. The molecule has 8 nitrogen and oxygen atoms in total. The van der Waals surface area contributed by atoms with E-state index < -0.39 is 10.9 Å². The Hall–Kier alpha value is -3.29. The first-order valence-corrected chi connectivity index (χ1v) is 7.66. The van der Waals surface area contributed by atoms with Crippen LogP contribution in [0.5, 0.6) is 17.2 Å². The number of esters is 1. The number of benzene rings is 2. The largest absolute Gasteiger partial charge is 0.496 e. The van der Waals surface area contributed by atoms with E-state index in [1.54, 1.807) is 18.2 Å². The highest BCUT2D eigenvalue weighted by Crippen LogP contribution is 2.28. The van der Waals surface area contributed by atoms with E-state index in [2.05, 4.69) is 0 Å². The van der Waals surface area contributed by atoms with Crippen LogP contribution in [0.25, 0.3) is 0 Å². The van der Waals surface area contributed by atoms with Crippen LogP contribution in [0.15, 0.2) is 36.4 Å². The van der Waals surface area contributed by atoms with Crippen LogP contribution < -0.4 is 14.2 Å². The van der Waals surface area contributed by atoms with Crippen LogP contribution >= 0.6 is 0 Å². The number of nitro groups is 1. The molecule has 0 aliphatic rings. The van der Waals surface area contributed by atoms with Gasteiger partial charge in [-0.05, 0) is 23.8 Å². The highest BCUT2D eigenvalue weighted by atomic mass is 16.6. The zero-order chi connectivity index (χ0) is 19.1. The number of ether oxygens (including phenoxy) is 4. The van der Waals surface area contributed by atoms with E-state index in [4.69, 9.17) is 18.9 Å². The summed E-state index contributed by atoms with van der Waals surface area (Å²) in [6.07, 6.45) is 0.0254. The van der Waals surface area contributed by atoms with E-state index in [9.17, 15) is 14.9 Å². The smallest absolute Gasteiger partial charge is 0.310 e. The van der Waals surface area contributed by atoms with Crippen molar-refractivity contribution < 1.29 is 28.7 Å². The maximum atomic E-state index is 12.1. The first-order valence-electron chi connectivity index (χ1n) is 7.66. The van der Waals surface area contributed by atoms with Gasteiger partial charge in [0.05, 0.1) is 32.7 Å². The maximum Gasteiger partial charge on any atom is 0.310 e. The van der Waals surface area contributed by atoms with E-state index in [1.165, 1.54) is 39.5 Å². The maximum absolute atomic E-state index is 12.1. The van der Waals surface area contributed by atoms with Gasteiger partial charge in [-0.25, -0.2) is 0 Å². The first kappa shape index (κ1) is 19.0. The van der Waals surface area contributed by atoms with E-state index in [0.717, 1.165) is 0 Å². The van der Waals surface area contributed by atoms with Gasteiger partial charge in [0.15, 0.2) is 11.5 Å². The van der Waals surface area contributed by atoms with Crippen LogP contribution in [0, 0.1) is 10.1 Å². The van der Waals surface area contributed by atoms with Gasteiger partial charge >= 0.3 is 5.97 Å². The Balaban J connectivity index is 2.05. The molecular formula is C18H19NO7. The molecule has 8 heteroatoms. The summed E-state index contributed by atoms with van der Waals surface area (Å²) in [7, 11) is 4.48. The molecule has 0 heterocycles. The summed E-state index contributed by atoms with van der Waals surface area (Å²) in [6.45, 7) is -0.128. The highest BCUT2D eigenvalue weighted by molar-refractivity contribution is 5.73. The van der Waals surface area contributed by atoms with Gasteiger partial charge in [-0.3, -0.25) is 14.9 Å². The summed E-state index contributed by atoms with van der Waals surface area (Å²) in [6, 6.07) is 9.24. The van der Waals surface area contributed by atoms with Crippen molar-refractivity contribution in [1.29, 1.82) is 0 Å².